The van der Waals surface area contributed by atoms with E-state index in [1.54, 1.807) is 0 Å². The third-order valence-corrected chi connectivity index (χ3v) is 8.09. The summed E-state index contributed by atoms with van der Waals surface area (Å²) in [7, 11) is -2.91. The van der Waals surface area contributed by atoms with E-state index in [0.29, 0.717) is 19.3 Å². The highest BCUT2D eigenvalue weighted by atomic mass is 28.4. The van der Waals surface area contributed by atoms with Crippen LogP contribution in [0, 0.1) is 0 Å². The van der Waals surface area contributed by atoms with Crippen LogP contribution in [0.5, 0.6) is 0 Å². The highest BCUT2D eigenvalue weighted by Crippen LogP contribution is 2.51. The molecule has 1 saturated heterocycles. The van der Waals surface area contributed by atoms with Crippen LogP contribution in [0.15, 0.2) is 0 Å². The third kappa shape index (κ3) is 2.75. The lowest BCUT2D eigenvalue weighted by atomic mass is 10.0. The first-order chi connectivity index (χ1) is 8.41. The first kappa shape index (κ1) is 15.2. The summed E-state index contributed by atoms with van der Waals surface area (Å²) < 4.78 is 16.4. The van der Waals surface area contributed by atoms with Crippen molar-refractivity contribution in [3.05, 3.63) is 0 Å². The van der Waals surface area contributed by atoms with E-state index in [0.717, 1.165) is 12.8 Å². The molecule has 1 fully saturated rings. The molecule has 0 aromatic heterocycles. The highest BCUT2D eigenvalue weighted by molar-refractivity contribution is 6.73. The summed E-state index contributed by atoms with van der Waals surface area (Å²) in [4.78, 5) is 22.8. The molecule has 5 nitrogen and oxygen atoms in total. The second-order valence-electron chi connectivity index (χ2n) is 4.82. The van der Waals surface area contributed by atoms with Crippen LogP contribution in [0.25, 0.3) is 0 Å². The van der Waals surface area contributed by atoms with Crippen molar-refractivity contribution in [3.63, 3.8) is 0 Å². The van der Waals surface area contributed by atoms with Crippen molar-refractivity contribution in [1.82, 2.24) is 0 Å². The third-order valence-electron chi connectivity index (χ3n) is 3.44. The van der Waals surface area contributed by atoms with Gasteiger partial charge in [0.2, 0.25) is 0 Å². The summed E-state index contributed by atoms with van der Waals surface area (Å²) >= 11 is 0. The Morgan fingerprint density at radius 1 is 1.17 bits per heavy atom. The van der Waals surface area contributed by atoms with Gasteiger partial charge in [-0.15, -0.1) is 0 Å². The summed E-state index contributed by atoms with van der Waals surface area (Å²) in [6.45, 7) is 7.77. The van der Waals surface area contributed by atoms with Crippen molar-refractivity contribution < 1.29 is 23.2 Å². The van der Waals surface area contributed by atoms with Crippen molar-refractivity contribution in [2.24, 2.45) is 0 Å². The van der Waals surface area contributed by atoms with Gasteiger partial charge in [0.1, 0.15) is 0 Å². The quantitative estimate of drug-likeness (QED) is 0.694. The van der Waals surface area contributed by atoms with Gasteiger partial charge in [-0.1, -0.05) is 20.3 Å². The lowest BCUT2D eigenvalue weighted by Gasteiger charge is -2.49. The van der Waals surface area contributed by atoms with E-state index in [-0.39, 0.29) is 17.0 Å². The minimum absolute atomic E-state index is 0.277. The number of rotatable bonds is 6. The molecule has 0 atom stereocenters. The van der Waals surface area contributed by atoms with E-state index >= 15 is 0 Å². The van der Waals surface area contributed by atoms with Crippen LogP contribution in [0.2, 0.25) is 11.1 Å². The summed E-state index contributed by atoms with van der Waals surface area (Å²) in [5.74, 6) is -0.757. The van der Waals surface area contributed by atoms with Gasteiger partial charge in [-0.05, 0) is 6.42 Å². The first-order valence-corrected chi connectivity index (χ1v) is 8.40. The second kappa shape index (κ2) is 5.84. The van der Waals surface area contributed by atoms with Gasteiger partial charge in [0.05, 0.1) is 18.3 Å². The zero-order chi connectivity index (χ0) is 13.8. The van der Waals surface area contributed by atoms with E-state index in [4.69, 9.17) is 13.6 Å². The van der Waals surface area contributed by atoms with Gasteiger partial charge >= 0.3 is 8.56 Å². The van der Waals surface area contributed by atoms with E-state index in [2.05, 4.69) is 0 Å². The molecule has 0 saturated carbocycles. The molecule has 0 bridgehead atoms. The minimum Gasteiger partial charge on any atom is -0.485 e. The first-order valence-electron chi connectivity index (χ1n) is 6.38. The molecule has 0 aromatic rings. The summed E-state index contributed by atoms with van der Waals surface area (Å²) in [6, 6.07) is 0.628. The van der Waals surface area contributed by atoms with E-state index in [1.165, 1.54) is 13.8 Å². The molecular weight excluding hydrogens is 252 g/mol. The fourth-order valence-electron chi connectivity index (χ4n) is 2.44. The van der Waals surface area contributed by atoms with Gasteiger partial charge in [-0.3, -0.25) is 9.59 Å². The average molecular weight is 274 g/mol. The zero-order valence-electron chi connectivity index (χ0n) is 11.6. The topological polar surface area (TPSA) is 61.8 Å². The molecule has 0 N–H and O–H groups in total. The Labute approximate surface area is 109 Å². The molecule has 18 heavy (non-hydrogen) atoms. The van der Waals surface area contributed by atoms with Crippen molar-refractivity contribution in [2.45, 2.75) is 51.6 Å². The predicted molar refractivity (Wildman–Crippen MR) is 68.2 cm³/mol. The molecule has 0 unspecified atom stereocenters. The largest absolute Gasteiger partial charge is 0.485 e. The predicted octanol–water partition coefficient (Wildman–Crippen LogP) is 2.15. The standard InChI is InChI=1S/C12H22O5Si/c1-5-7-18(16-10(3)13,17-11(4)14)12(6-2)8-15-9-12/h5-9H2,1-4H3. The zero-order valence-corrected chi connectivity index (χ0v) is 12.6. The van der Waals surface area contributed by atoms with Crippen LogP contribution < -0.4 is 0 Å². The van der Waals surface area contributed by atoms with E-state index < -0.39 is 8.56 Å². The van der Waals surface area contributed by atoms with Crippen molar-refractivity contribution >= 4 is 20.5 Å². The second-order valence-corrected chi connectivity index (χ2v) is 8.29. The lowest BCUT2D eigenvalue weighted by molar-refractivity contribution is -0.143. The number of hydrogen-bond acceptors (Lipinski definition) is 5. The minimum atomic E-state index is -2.91. The smallest absolute Gasteiger partial charge is 0.475 e. The SMILES string of the molecule is CCC[Si](OC(C)=O)(OC(C)=O)C1(CC)COC1. The van der Waals surface area contributed by atoms with Crippen LogP contribution in [-0.4, -0.2) is 33.7 Å². The Morgan fingerprint density at radius 3 is 1.89 bits per heavy atom. The normalized spacial score (nSPS) is 17.8. The highest BCUT2D eigenvalue weighted by Gasteiger charge is 2.65. The molecule has 0 aliphatic carbocycles. The van der Waals surface area contributed by atoms with Gasteiger partial charge in [0, 0.05) is 19.9 Å². The maximum atomic E-state index is 11.4. The van der Waals surface area contributed by atoms with Crippen molar-refractivity contribution in [2.75, 3.05) is 13.2 Å². The lowest BCUT2D eigenvalue weighted by Crippen LogP contribution is -2.62. The number of ether oxygens (including phenoxy) is 1. The van der Waals surface area contributed by atoms with Gasteiger partial charge < -0.3 is 13.6 Å². The fraction of sp³-hybridized carbons (Fsp3) is 0.833. The van der Waals surface area contributed by atoms with Crippen LogP contribution in [0.1, 0.15) is 40.5 Å². The number of carbonyl (C=O) groups excluding carboxylic acids is 2. The molecular formula is C12H22O5Si. The molecule has 1 aliphatic rings. The summed E-state index contributed by atoms with van der Waals surface area (Å²) in [5, 5.41) is -0.277. The van der Waals surface area contributed by atoms with Crippen LogP contribution in [0.3, 0.4) is 0 Å². The fourth-order valence-corrected chi connectivity index (χ4v) is 6.42. The summed E-state index contributed by atoms with van der Waals surface area (Å²) in [6.07, 6.45) is 1.61. The number of hydrogen-bond donors (Lipinski definition) is 0. The maximum absolute atomic E-state index is 11.4. The molecule has 104 valence electrons. The van der Waals surface area contributed by atoms with Gasteiger partial charge in [-0.25, -0.2) is 0 Å². The van der Waals surface area contributed by atoms with Gasteiger partial charge in [0.15, 0.2) is 0 Å². The Balaban J connectivity index is 3.08. The molecule has 0 spiro atoms. The molecule has 0 radical (unpaired) electrons. The molecule has 0 amide bonds. The Morgan fingerprint density at radius 2 is 1.67 bits per heavy atom. The average Bonchev–Trinajstić information content (AvgIpc) is 2.14. The molecule has 6 heteroatoms. The van der Waals surface area contributed by atoms with Crippen LogP contribution in [0.4, 0.5) is 0 Å². The molecule has 1 heterocycles. The molecule has 1 aliphatic heterocycles. The number of carbonyl (C=O) groups is 2. The van der Waals surface area contributed by atoms with E-state index in [9.17, 15) is 9.59 Å². The maximum Gasteiger partial charge on any atom is 0.475 e. The van der Waals surface area contributed by atoms with Crippen molar-refractivity contribution in [1.29, 1.82) is 0 Å². The van der Waals surface area contributed by atoms with Gasteiger partial charge in [-0.2, -0.15) is 0 Å². The molecule has 1 rings (SSSR count). The van der Waals surface area contributed by atoms with Gasteiger partial charge in [0.25, 0.3) is 11.9 Å². The Bertz CT molecular complexity index is 303. The molecule has 0 aromatic carbocycles. The summed E-state index contributed by atoms with van der Waals surface area (Å²) in [5.41, 5.74) is 0. The Kier molecular flexibility index (Phi) is 4.92. The van der Waals surface area contributed by atoms with E-state index in [1.807, 2.05) is 13.8 Å². The van der Waals surface area contributed by atoms with Crippen LogP contribution >= 0.6 is 0 Å². The van der Waals surface area contributed by atoms with Crippen LogP contribution in [-0.2, 0) is 23.2 Å². The monoisotopic (exact) mass is 274 g/mol. The Hall–Kier alpha value is -0.883. The van der Waals surface area contributed by atoms with Crippen molar-refractivity contribution in [3.8, 4) is 0 Å².